The van der Waals surface area contributed by atoms with E-state index in [4.69, 9.17) is 22.3 Å². The summed E-state index contributed by atoms with van der Waals surface area (Å²) in [6.45, 7) is 0.692. The van der Waals surface area contributed by atoms with E-state index in [9.17, 15) is 4.79 Å². The molecule has 3 aromatic heterocycles. The minimum Gasteiger partial charge on any atom is -0.382 e. The first kappa shape index (κ1) is 24.6. The number of benzene rings is 2. The molecular weight excluding hydrogens is 510 g/mol. The van der Waals surface area contributed by atoms with Gasteiger partial charge in [-0.3, -0.25) is 9.36 Å². The van der Waals surface area contributed by atoms with Gasteiger partial charge in [0, 0.05) is 12.7 Å². The van der Waals surface area contributed by atoms with Crippen molar-refractivity contribution in [3.05, 3.63) is 112 Å². The molecule has 2 aromatic carbocycles. The largest absolute Gasteiger partial charge is 0.382 e. The standard InChI is InChI=1S/C30H24ClN7O/c31-23-12-8-13-24-26(23)30(39)38(21-10-2-1-3-11-21)29(36-24)25-14-5-7-18-37(25)28-22(27(32)34-19-35-28)16-15-20-9-4-6-17-33-20/h1-4,6,8-13,17,19,25H,5,7,14,18H2,(H2,32,34,35). The van der Waals surface area contributed by atoms with Gasteiger partial charge in [0.25, 0.3) is 5.56 Å². The van der Waals surface area contributed by atoms with Gasteiger partial charge in [0.1, 0.15) is 29.2 Å². The highest BCUT2D eigenvalue weighted by atomic mass is 35.5. The van der Waals surface area contributed by atoms with Crippen LogP contribution in [0, 0.1) is 11.8 Å². The molecular formula is C30H24ClN7O. The van der Waals surface area contributed by atoms with Gasteiger partial charge >= 0.3 is 0 Å². The van der Waals surface area contributed by atoms with Crippen LogP contribution >= 0.6 is 11.6 Å². The van der Waals surface area contributed by atoms with E-state index in [1.54, 1.807) is 16.8 Å². The molecule has 39 heavy (non-hydrogen) atoms. The number of hydrogen-bond donors (Lipinski definition) is 1. The molecule has 1 aliphatic heterocycles. The van der Waals surface area contributed by atoms with Crippen LogP contribution in [-0.4, -0.2) is 31.0 Å². The summed E-state index contributed by atoms with van der Waals surface area (Å²) in [6.07, 6.45) is 5.82. The number of nitrogens with zero attached hydrogens (tertiary/aromatic N) is 6. The Kier molecular flexibility index (Phi) is 6.66. The minimum atomic E-state index is -0.264. The summed E-state index contributed by atoms with van der Waals surface area (Å²) < 4.78 is 1.67. The first-order valence-electron chi connectivity index (χ1n) is 12.7. The Morgan fingerprint density at radius 2 is 1.77 bits per heavy atom. The molecule has 1 aliphatic rings. The summed E-state index contributed by atoms with van der Waals surface area (Å²) in [6, 6.07) is 20.1. The molecule has 9 heteroatoms. The highest BCUT2D eigenvalue weighted by Gasteiger charge is 2.32. The van der Waals surface area contributed by atoms with Crippen molar-refractivity contribution in [2.45, 2.75) is 25.3 Å². The van der Waals surface area contributed by atoms with E-state index in [2.05, 4.69) is 31.7 Å². The normalized spacial score (nSPS) is 15.1. The molecule has 1 saturated heterocycles. The van der Waals surface area contributed by atoms with E-state index in [0.717, 1.165) is 24.9 Å². The number of aromatic nitrogens is 5. The molecule has 4 heterocycles. The fraction of sp³-hybridized carbons (Fsp3) is 0.167. The van der Waals surface area contributed by atoms with Crippen molar-refractivity contribution in [3.8, 4) is 17.5 Å². The maximum absolute atomic E-state index is 14.0. The lowest BCUT2D eigenvalue weighted by Crippen LogP contribution is -2.39. The van der Waals surface area contributed by atoms with E-state index in [1.807, 2.05) is 60.7 Å². The predicted octanol–water partition coefficient (Wildman–Crippen LogP) is 4.94. The Hall–Kier alpha value is -4.74. The smallest absolute Gasteiger partial charge is 0.267 e. The number of nitrogen functional groups attached to an aromatic ring is 1. The van der Waals surface area contributed by atoms with Crippen molar-refractivity contribution in [2.75, 3.05) is 17.2 Å². The van der Waals surface area contributed by atoms with E-state index < -0.39 is 0 Å². The molecule has 1 atom stereocenters. The third-order valence-corrected chi connectivity index (χ3v) is 7.11. The predicted molar refractivity (Wildman–Crippen MR) is 153 cm³/mol. The number of anilines is 2. The van der Waals surface area contributed by atoms with Gasteiger partial charge < -0.3 is 10.6 Å². The molecule has 0 amide bonds. The number of para-hydroxylation sites is 1. The van der Waals surface area contributed by atoms with Crippen LogP contribution in [0.2, 0.25) is 5.02 Å². The molecule has 1 unspecified atom stereocenters. The molecule has 6 rings (SSSR count). The zero-order valence-electron chi connectivity index (χ0n) is 21.0. The van der Waals surface area contributed by atoms with Crippen LogP contribution in [0.3, 0.4) is 0 Å². The molecule has 0 aliphatic carbocycles. The second kappa shape index (κ2) is 10.6. The lowest BCUT2D eigenvalue weighted by molar-refractivity contribution is 0.445. The van der Waals surface area contributed by atoms with Gasteiger partial charge in [0.15, 0.2) is 5.82 Å². The van der Waals surface area contributed by atoms with Crippen molar-refractivity contribution < 1.29 is 0 Å². The van der Waals surface area contributed by atoms with E-state index in [0.29, 0.717) is 45.4 Å². The molecule has 0 radical (unpaired) electrons. The van der Waals surface area contributed by atoms with Crippen molar-refractivity contribution >= 4 is 34.1 Å². The second-order valence-electron chi connectivity index (χ2n) is 9.21. The summed E-state index contributed by atoms with van der Waals surface area (Å²) in [4.78, 5) is 34.3. The van der Waals surface area contributed by atoms with E-state index in [-0.39, 0.29) is 17.4 Å². The molecule has 192 valence electrons. The van der Waals surface area contributed by atoms with Gasteiger partial charge in [-0.05, 0) is 61.6 Å². The molecule has 1 fully saturated rings. The summed E-state index contributed by atoms with van der Waals surface area (Å²) in [5.74, 6) is 7.73. The maximum Gasteiger partial charge on any atom is 0.267 e. The van der Waals surface area contributed by atoms with Crippen molar-refractivity contribution in [1.82, 2.24) is 24.5 Å². The summed E-state index contributed by atoms with van der Waals surface area (Å²) in [7, 11) is 0. The number of nitrogens with two attached hydrogens (primary N) is 1. The van der Waals surface area contributed by atoms with Crippen molar-refractivity contribution in [1.29, 1.82) is 0 Å². The van der Waals surface area contributed by atoms with Gasteiger partial charge in [-0.15, -0.1) is 0 Å². The maximum atomic E-state index is 14.0. The average Bonchev–Trinajstić information content (AvgIpc) is 2.97. The highest BCUT2D eigenvalue weighted by molar-refractivity contribution is 6.35. The van der Waals surface area contributed by atoms with Crippen LogP contribution in [0.4, 0.5) is 11.6 Å². The number of pyridine rings is 1. The van der Waals surface area contributed by atoms with Gasteiger partial charge in [0.2, 0.25) is 0 Å². The zero-order chi connectivity index (χ0) is 26.8. The summed E-state index contributed by atoms with van der Waals surface area (Å²) in [5.41, 5.74) is 8.52. The minimum absolute atomic E-state index is 0.213. The third-order valence-electron chi connectivity index (χ3n) is 6.80. The van der Waals surface area contributed by atoms with Crippen LogP contribution in [-0.2, 0) is 0 Å². The number of hydrogen-bond acceptors (Lipinski definition) is 7. The summed E-state index contributed by atoms with van der Waals surface area (Å²) in [5, 5.41) is 0.764. The fourth-order valence-electron chi connectivity index (χ4n) is 5.00. The lowest BCUT2D eigenvalue weighted by Gasteiger charge is -2.37. The first-order valence-corrected chi connectivity index (χ1v) is 13.1. The number of fused-ring (bicyclic) bond motifs is 1. The fourth-order valence-corrected chi connectivity index (χ4v) is 5.25. The number of rotatable bonds is 3. The van der Waals surface area contributed by atoms with Gasteiger partial charge in [-0.1, -0.05) is 47.9 Å². The van der Waals surface area contributed by atoms with Gasteiger partial charge in [0.05, 0.1) is 27.7 Å². The van der Waals surface area contributed by atoms with Crippen LogP contribution in [0.15, 0.2) is 84.0 Å². The van der Waals surface area contributed by atoms with Crippen LogP contribution in [0.1, 0.15) is 42.4 Å². The number of halogens is 1. The number of piperidine rings is 1. The van der Waals surface area contributed by atoms with Crippen LogP contribution < -0.4 is 16.2 Å². The molecule has 0 bridgehead atoms. The van der Waals surface area contributed by atoms with Gasteiger partial charge in [-0.2, -0.15) is 0 Å². The highest BCUT2D eigenvalue weighted by Crippen LogP contribution is 2.36. The van der Waals surface area contributed by atoms with Gasteiger partial charge in [-0.25, -0.2) is 19.9 Å². The summed E-state index contributed by atoms with van der Waals surface area (Å²) >= 11 is 6.49. The Labute approximate surface area is 230 Å². The van der Waals surface area contributed by atoms with Crippen LogP contribution in [0.25, 0.3) is 16.6 Å². The molecule has 2 N–H and O–H groups in total. The molecule has 0 spiro atoms. The molecule has 5 aromatic rings. The van der Waals surface area contributed by atoms with E-state index >= 15 is 0 Å². The zero-order valence-corrected chi connectivity index (χ0v) is 21.7. The van der Waals surface area contributed by atoms with Crippen LogP contribution in [0.5, 0.6) is 0 Å². The molecule has 0 saturated carbocycles. The Balaban J connectivity index is 1.55. The van der Waals surface area contributed by atoms with E-state index in [1.165, 1.54) is 6.33 Å². The average molecular weight is 534 g/mol. The molecule has 8 nitrogen and oxygen atoms in total. The van der Waals surface area contributed by atoms with Crippen molar-refractivity contribution in [3.63, 3.8) is 0 Å². The Bertz CT molecular complexity index is 1780. The third kappa shape index (κ3) is 4.69. The first-order chi connectivity index (χ1) is 19.1. The van der Waals surface area contributed by atoms with Crippen molar-refractivity contribution in [2.24, 2.45) is 0 Å². The second-order valence-corrected chi connectivity index (χ2v) is 9.61. The SMILES string of the molecule is Nc1ncnc(N2CCCCC2c2nc3cccc(Cl)c3c(=O)n2-c2ccccc2)c1C#Cc1ccccn1. The monoisotopic (exact) mass is 533 g/mol. The Morgan fingerprint density at radius 3 is 2.59 bits per heavy atom. The lowest BCUT2D eigenvalue weighted by atomic mass is 9.99. The topological polar surface area (TPSA) is 103 Å². The Morgan fingerprint density at radius 1 is 0.923 bits per heavy atom. The quantitative estimate of drug-likeness (QED) is 0.328.